The Morgan fingerprint density at radius 2 is 1.87 bits per heavy atom. The molecular weight excluding hydrogens is 196 g/mol. The van der Waals surface area contributed by atoms with Crippen LogP contribution < -0.4 is 10.6 Å². The number of amides is 1. The minimum Gasteiger partial charge on any atom is -0.395 e. The van der Waals surface area contributed by atoms with E-state index in [1.165, 1.54) is 12.8 Å². The number of hydrogen-bond acceptors (Lipinski definition) is 4. The van der Waals surface area contributed by atoms with E-state index in [0.717, 1.165) is 12.8 Å². The molecule has 1 rings (SSSR count). The number of aliphatic hydroxyl groups excluding tert-OH is 2. The molecule has 4 N–H and O–H groups in total. The summed E-state index contributed by atoms with van der Waals surface area (Å²) in [4.78, 5) is 11.4. The molecule has 0 radical (unpaired) electrons. The zero-order valence-electron chi connectivity index (χ0n) is 8.91. The van der Waals surface area contributed by atoms with Gasteiger partial charge in [0.2, 0.25) is 5.91 Å². The molecule has 1 fully saturated rings. The third-order valence-electron chi connectivity index (χ3n) is 2.71. The molecular formula is C10H20N2O3. The van der Waals surface area contributed by atoms with E-state index in [0.29, 0.717) is 6.04 Å². The minimum atomic E-state index is -0.403. The van der Waals surface area contributed by atoms with Crippen molar-refractivity contribution in [1.29, 1.82) is 0 Å². The van der Waals surface area contributed by atoms with Crippen LogP contribution in [0, 0.1) is 0 Å². The molecule has 0 aromatic carbocycles. The van der Waals surface area contributed by atoms with E-state index in [9.17, 15) is 4.79 Å². The van der Waals surface area contributed by atoms with Crippen molar-refractivity contribution < 1.29 is 15.0 Å². The van der Waals surface area contributed by atoms with Gasteiger partial charge in [-0.1, -0.05) is 12.8 Å². The maximum Gasteiger partial charge on any atom is 0.234 e. The molecule has 5 heteroatoms. The summed E-state index contributed by atoms with van der Waals surface area (Å²) in [7, 11) is 0. The summed E-state index contributed by atoms with van der Waals surface area (Å²) in [6.07, 6.45) is 4.51. The summed E-state index contributed by atoms with van der Waals surface area (Å²) in [6.45, 7) is -0.164. The normalized spacial score (nSPS) is 17.3. The summed E-state index contributed by atoms with van der Waals surface area (Å²) >= 11 is 0. The van der Waals surface area contributed by atoms with Gasteiger partial charge in [0.05, 0.1) is 25.8 Å². The number of carbonyl (C=O) groups is 1. The largest absolute Gasteiger partial charge is 0.395 e. The van der Waals surface area contributed by atoms with Gasteiger partial charge in [0.25, 0.3) is 0 Å². The van der Waals surface area contributed by atoms with E-state index in [-0.39, 0.29) is 25.7 Å². The van der Waals surface area contributed by atoms with Crippen molar-refractivity contribution in [3.05, 3.63) is 0 Å². The Hall–Kier alpha value is -0.650. The molecule has 1 amide bonds. The monoisotopic (exact) mass is 216 g/mol. The highest BCUT2D eigenvalue weighted by Gasteiger charge is 2.17. The Balaban J connectivity index is 2.12. The Kier molecular flexibility index (Phi) is 5.60. The molecule has 0 heterocycles. The van der Waals surface area contributed by atoms with Gasteiger partial charge in [-0.25, -0.2) is 0 Å². The average molecular weight is 216 g/mol. The molecule has 0 unspecified atom stereocenters. The van der Waals surface area contributed by atoms with Crippen molar-refractivity contribution in [2.24, 2.45) is 0 Å². The Morgan fingerprint density at radius 1 is 1.27 bits per heavy atom. The van der Waals surface area contributed by atoms with Crippen LogP contribution in [0.4, 0.5) is 0 Å². The lowest BCUT2D eigenvalue weighted by molar-refractivity contribution is -0.121. The summed E-state index contributed by atoms with van der Waals surface area (Å²) in [5, 5.41) is 23.2. The van der Waals surface area contributed by atoms with Gasteiger partial charge in [0, 0.05) is 6.04 Å². The quantitative estimate of drug-likeness (QED) is 0.458. The van der Waals surface area contributed by atoms with E-state index >= 15 is 0 Å². The molecule has 0 aromatic heterocycles. The first kappa shape index (κ1) is 12.4. The molecule has 0 spiro atoms. The van der Waals surface area contributed by atoms with Gasteiger partial charge < -0.3 is 20.8 Å². The van der Waals surface area contributed by atoms with Gasteiger partial charge in [-0.3, -0.25) is 4.79 Å². The topological polar surface area (TPSA) is 81.6 Å². The standard InChI is InChI=1S/C10H20N2O3/c13-6-9(7-14)11-5-10(15)12-8-3-1-2-4-8/h8-9,11,13-14H,1-7H2,(H,12,15). The first-order valence-corrected chi connectivity index (χ1v) is 5.50. The van der Waals surface area contributed by atoms with Crippen molar-refractivity contribution in [1.82, 2.24) is 10.6 Å². The Bertz CT molecular complexity index is 189. The predicted octanol–water partition coefficient (Wildman–Crippen LogP) is -1.01. The Morgan fingerprint density at radius 3 is 2.40 bits per heavy atom. The van der Waals surface area contributed by atoms with Gasteiger partial charge in [0.15, 0.2) is 0 Å². The summed E-state index contributed by atoms with van der Waals surface area (Å²) in [5.74, 6) is -0.0613. The van der Waals surface area contributed by atoms with E-state index in [1.807, 2.05) is 0 Å². The van der Waals surface area contributed by atoms with Crippen molar-refractivity contribution in [3.8, 4) is 0 Å². The lowest BCUT2D eigenvalue weighted by atomic mass is 10.2. The highest BCUT2D eigenvalue weighted by atomic mass is 16.3. The minimum absolute atomic E-state index is 0.0613. The molecule has 1 aliphatic carbocycles. The summed E-state index contributed by atoms with van der Waals surface area (Å²) in [5.41, 5.74) is 0. The highest BCUT2D eigenvalue weighted by molar-refractivity contribution is 5.78. The molecule has 15 heavy (non-hydrogen) atoms. The van der Waals surface area contributed by atoms with Gasteiger partial charge in [-0.05, 0) is 12.8 Å². The van der Waals surface area contributed by atoms with Crippen molar-refractivity contribution in [3.63, 3.8) is 0 Å². The second-order valence-corrected chi connectivity index (χ2v) is 3.99. The number of carbonyl (C=O) groups excluding carboxylic acids is 1. The average Bonchev–Trinajstić information content (AvgIpc) is 2.72. The van der Waals surface area contributed by atoms with Crippen LogP contribution in [0.1, 0.15) is 25.7 Å². The van der Waals surface area contributed by atoms with Crippen LogP contribution in [0.25, 0.3) is 0 Å². The molecule has 0 atom stereocenters. The SMILES string of the molecule is O=C(CNC(CO)CO)NC1CCCC1. The van der Waals surface area contributed by atoms with E-state index < -0.39 is 6.04 Å². The number of aliphatic hydroxyl groups is 2. The fourth-order valence-electron chi connectivity index (χ4n) is 1.77. The van der Waals surface area contributed by atoms with Gasteiger partial charge in [-0.15, -0.1) is 0 Å². The first-order valence-electron chi connectivity index (χ1n) is 5.50. The summed E-state index contributed by atoms with van der Waals surface area (Å²) < 4.78 is 0. The van der Waals surface area contributed by atoms with Gasteiger partial charge in [0.1, 0.15) is 0 Å². The van der Waals surface area contributed by atoms with E-state index in [4.69, 9.17) is 10.2 Å². The zero-order chi connectivity index (χ0) is 11.1. The van der Waals surface area contributed by atoms with Crippen LogP contribution in [0.2, 0.25) is 0 Å². The molecule has 0 aromatic rings. The number of hydrogen-bond donors (Lipinski definition) is 4. The lowest BCUT2D eigenvalue weighted by Gasteiger charge is -2.15. The number of nitrogens with one attached hydrogen (secondary N) is 2. The van der Waals surface area contributed by atoms with Crippen LogP contribution in [0.15, 0.2) is 0 Å². The lowest BCUT2D eigenvalue weighted by Crippen LogP contribution is -2.44. The highest BCUT2D eigenvalue weighted by Crippen LogP contribution is 2.17. The van der Waals surface area contributed by atoms with E-state index in [1.54, 1.807) is 0 Å². The van der Waals surface area contributed by atoms with Crippen LogP contribution in [0.3, 0.4) is 0 Å². The second kappa shape index (κ2) is 6.76. The molecule has 5 nitrogen and oxygen atoms in total. The van der Waals surface area contributed by atoms with Gasteiger partial charge >= 0.3 is 0 Å². The maximum absolute atomic E-state index is 11.4. The third-order valence-corrected chi connectivity index (χ3v) is 2.71. The fraction of sp³-hybridized carbons (Fsp3) is 0.900. The van der Waals surface area contributed by atoms with Crippen molar-refractivity contribution in [2.45, 2.75) is 37.8 Å². The Labute approximate surface area is 89.9 Å². The summed E-state index contributed by atoms with van der Waals surface area (Å²) in [6, 6.07) is -0.0830. The van der Waals surface area contributed by atoms with Crippen molar-refractivity contribution >= 4 is 5.91 Å². The third kappa shape index (κ3) is 4.59. The first-order chi connectivity index (χ1) is 7.26. The van der Waals surface area contributed by atoms with Crippen LogP contribution in [0.5, 0.6) is 0 Å². The van der Waals surface area contributed by atoms with Crippen LogP contribution >= 0.6 is 0 Å². The van der Waals surface area contributed by atoms with Gasteiger partial charge in [-0.2, -0.15) is 0 Å². The smallest absolute Gasteiger partial charge is 0.234 e. The molecule has 0 aliphatic heterocycles. The van der Waals surface area contributed by atoms with Crippen LogP contribution in [-0.4, -0.2) is 48.0 Å². The molecule has 0 bridgehead atoms. The maximum atomic E-state index is 11.4. The van der Waals surface area contributed by atoms with E-state index in [2.05, 4.69) is 10.6 Å². The van der Waals surface area contributed by atoms with Crippen LogP contribution in [-0.2, 0) is 4.79 Å². The molecule has 88 valence electrons. The predicted molar refractivity (Wildman–Crippen MR) is 56.4 cm³/mol. The van der Waals surface area contributed by atoms with Crippen molar-refractivity contribution in [2.75, 3.05) is 19.8 Å². The number of rotatable bonds is 6. The molecule has 0 saturated heterocycles. The zero-order valence-corrected chi connectivity index (χ0v) is 8.91. The molecule has 1 aliphatic rings. The second-order valence-electron chi connectivity index (χ2n) is 3.99. The fourth-order valence-corrected chi connectivity index (χ4v) is 1.77. The molecule has 1 saturated carbocycles.